The zero-order chi connectivity index (χ0) is 33.0. The molecule has 0 fully saturated rings. The van der Waals surface area contributed by atoms with Gasteiger partial charge in [0.25, 0.3) is 0 Å². The van der Waals surface area contributed by atoms with E-state index in [1.807, 2.05) is 65.2 Å². The molecule has 2 atom stereocenters. The first-order valence-electron chi connectivity index (χ1n) is 15.1. The molecule has 0 amide bonds. The third kappa shape index (κ3) is 9.17. The molecule has 0 bridgehead atoms. The molecular formula is C34H54N4NiO4. The summed E-state index contributed by atoms with van der Waals surface area (Å²) < 4.78 is 0. The van der Waals surface area contributed by atoms with E-state index >= 15 is 0 Å². The molecule has 9 heteroatoms. The number of allylic oxidation sites excluding steroid dienone is 6. The second kappa shape index (κ2) is 16.4. The van der Waals surface area contributed by atoms with Crippen LogP contribution in [0.1, 0.15) is 111 Å². The molecule has 0 heterocycles. The molecule has 8 nitrogen and oxygen atoms in total. The molecule has 0 radical (unpaired) electrons. The van der Waals surface area contributed by atoms with Gasteiger partial charge in [0, 0.05) is 47.4 Å². The van der Waals surface area contributed by atoms with Crippen LogP contribution in [0.4, 0.5) is 0 Å². The van der Waals surface area contributed by atoms with E-state index in [1.165, 1.54) is 22.3 Å². The summed E-state index contributed by atoms with van der Waals surface area (Å²) in [6, 6.07) is -0.170. The minimum atomic E-state index is -1.22. The second-order valence-electron chi connectivity index (χ2n) is 12.7. The van der Waals surface area contributed by atoms with E-state index < -0.39 is 11.9 Å². The average molecular weight is 642 g/mol. The molecule has 2 rings (SSSR count). The average Bonchev–Trinajstić information content (AvgIpc) is 3.17. The van der Waals surface area contributed by atoms with E-state index in [1.54, 1.807) is 0 Å². The summed E-state index contributed by atoms with van der Waals surface area (Å²) in [5.74, 6) is -1.97. The Morgan fingerprint density at radius 3 is 0.977 bits per heavy atom. The van der Waals surface area contributed by atoms with Crippen LogP contribution in [0, 0.1) is 11.8 Å². The number of hydrogen-bond donors (Lipinski definition) is 0. The van der Waals surface area contributed by atoms with Gasteiger partial charge in [0.05, 0.1) is 0 Å². The summed E-state index contributed by atoms with van der Waals surface area (Å²) in [6.07, 6.45) is 0. The Balaban J connectivity index is 0.000000802. The molecule has 2 unspecified atom stereocenters. The Hall–Kier alpha value is -2.67. The van der Waals surface area contributed by atoms with Crippen molar-refractivity contribution in [2.75, 3.05) is 0 Å². The van der Waals surface area contributed by atoms with E-state index in [-0.39, 0.29) is 64.2 Å². The zero-order valence-electron chi connectivity index (χ0n) is 29.2. The topological polar surface area (TPSA) is 111 Å². The summed E-state index contributed by atoms with van der Waals surface area (Å²) in [5, 5.41) is 23.2. The van der Waals surface area contributed by atoms with Gasteiger partial charge in [0.1, 0.15) is 11.9 Å². The van der Waals surface area contributed by atoms with Crippen LogP contribution in [0.25, 0.3) is 0 Å². The van der Waals surface area contributed by atoms with Crippen molar-refractivity contribution in [2.24, 2.45) is 21.8 Å². The largest absolute Gasteiger partial charge is 2.00 e. The molecule has 0 aromatic heterocycles. The number of amidine groups is 2. The fourth-order valence-corrected chi connectivity index (χ4v) is 5.65. The third-order valence-electron chi connectivity index (χ3n) is 8.33. The maximum Gasteiger partial charge on any atom is 2.00 e. The van der Waals surface area contributed by atoms with Gasteiger partial charge in [-0.1, -0.05) is 25.0 Å². The van der Waals surface area contributed by atoms with Gasteiger partial charge < -0.3 is 29.6 Å². The van der Waals surface area contributed by atoms with Crippen molar-refractivity contribution in [3.8, 4) is 0 Å². The Labute approximate surface area is 270 Å². The van der Waals surface area contributed by atoms with Crippen molar-refractivity contribution >= 4 is 23.6 Å². The maximum atomic E-state index is 11.6. The van der Waals surface area contributed by atoms with Crippen LogP contribution in [0.2, 0.25) is 0 Å². The van der Waals surface area contributed by atoms with Crippen LogP contribution in [0.5, 0.6) is 0 Å². The van der Waals surface area contributed by atoms with Gasteiger partial charge in [0.15, 0.2) is 11.7 Å². The normalized spacial score (nSPS) is 19.6. The van der Waals surface area contributed by atoms with E-state index in [4.69, 9.17) is 0 Å². The monoisotopic (exact) mass is 640 g/mol. The van der Waals surface area contributed by atoms with Crippen molar-refractivity contribution in [1.82, 2.24) is 9.80 Å². The molecule has 2 aliphatic rings. The molecule has 0 saturated heterocycles. The first-order chi connectivity index (χ1) is 19.2. The standard InChI is InChI=1S/2C17H28N2O2.Ni/c2*1-9(2)18-16(17(20)21)19(10(3)4)15-13(7)11(5)12(6)14(15)8;/h2*9-10,13H,1-8H3,(H,20,21);/q;;+2/p-2. The third-order valence-corrected chi connectivity index (χ3v) is 8.33. The fourth-order valence-electron chi connectivity index (χ4n) is 5.65. The first kappa shape index (κ1) is 40.3. The predicted molar refractivity (Wildman–Crippen MR) is 170 cm³/mol. The van der Waals surface area contributed by atoms with Gasteiger partial charge in [-0.15, -0.1) is 0 Å². The number of nitrogens with zero attached hydrogens (tertiary/aromatic N) is 4. The number of aliphatic carboxylic acids is 2. The maximum absolute atomic E-state index is 11.6. The van der Waals surface area contributed by atoms with Crippen LogP contribution in [0.15, 0.2) is 54.8 Å². The molecule has 0 aromatic carbocycles. The molecule has 43 heavy (non-hydrogen) atoms. The van der Waals surface area contributed by atoms with Crippen molar-refractivity contribution in [2.45, 2.75) is 135 Å². The number of carbonyl (C=O) groups excluding carboxylic acids is 2. The van der Waals surface area contributed by atoms with Crippen molar-refractivity contribution in [3.63, 3.8) is 0 Å². The number of hydrogen-bond acceptors (Lipinski definition) is 6. The fraction of sp³-hybridized carbons (Fsp3) is 0.647. The van der Waals surface area contributed by atoms with Crippen molar-refractivity contribution in [3.05, 3.63) is 44.8 Å². The Bertz CT molecular complexity index is 1150. The Kier molecular flexibility index (Phi) is 15.4. The van der Waals surface area contributed by atoms with Crippen LogP contribution < -0.4 is 10.2 Å². The van der Waals surface area contributed by atoms with Crippen molar-refractivity contribution in [1.29, 1.82) is 0 Å². The van der Waals surface area contributed by atoms with Gasteiger partial charge in [-0.05, 0) is 119 Å². The molecule has 244 valence electrons. The predicted octanol–water partition coefficient (Wildman–Crippen LogP) is 5.02. The Morgan fingerprint density at radius 1 is 0.581 bits per heavy atom. The molecule has 0 spiro atoms. The van der Waals surface area contributed by atoms with Gasteiger partial charge in [-0.3, -0.25) is 9.98 Å². The number of rotatable bonds is 6. The van der Waals surface area contributed by atoms with Crippen LogP contribution in [0.3, 0.4) is 0 Å². The van der Waals surface area contributed by atoms with E-state index in [0.717, 1.165) is 22.5 Å². The van der Waals surface area contributed by atoms with Crippen molar-refractivity contribution < 1.29 is 36.3 Å². The van der Waals surface area contributed by atoms with E-state index in [2.05, 4.69) is 65.4 Å². The molecule has 0 aliphatic heterocycles. The summed E-state index contributed by atoms with van der Waals surface area (Å²) >= 11 is 0. The van der Waals surface area contributed by atoms with Crippen LogP contribution in [-0.4, -0.2) is 57.6 Å². The minimum absolute atomic E-state index is 0. The van der Waals surface area contributed by atoms with Crippen LogP contribution >= 0.6 is 0 Å². The molecule has 0 aromatic rings. The summed E-state index contributed by atoms with van der Waals surface area (Å²) in [5.41, 5.74) is 9.41. The summed E-state index contributed by atoms with van der Waals surface area (Å²) in [4.78, 5) is 35.4. The first-order valence-corrected chi connectivity index (χ1v) is 15.1. The van der Waals surface area contributed by atoms with E-state index in [0.29, 0.717) is 0 Å². The summed E-state index contributed by atoms with van der Waals surface area (Å²) in [6.45, 7) is 32.1. The number of carboxylic acids is 2. The zero-order valence-corrected chi connectivity index (χ0v) is 30.2. The number of carbonyl (C=O) groups is 2. The van der Waals surface area contributed by atoms with Gasteiger partial charge in [-0.2, -0.15) is 0 Å². The minimum Gasteiger partial charge on any atom is -0.542 e. The van der Waals surface area contributed by atoms with Gasteiger partial charge in [0.2, 0.25) is 0 Å². The number of carboxylic acid groups (broad SMARTS) is 2. The van der Waals surface area contributed by atoms with Crippen LogP contribution in [-0.2, 0) is 26.1 Å². The SMILES string of the molecule is CC1=C(C)C(C)C(N(C(=NC(C)C)C(=O)[O-])C(C)C)=C1C.CC1=C(C)C(C)C(N(C(=NC(C)C)C(=O)[O-])C(C)C)=C1C.[Ni+2]. The molecular weight excluding hydrogens is 587 g/mol. The molecule has 0 saturated carbocycles. The quantitative estimate of drug-likeness (QED) is 0.229. The second-order valence-corrected chi connectivity index (χ2v) is 12.7. The van der Waals surface area contributed by atoms with E-state index in [9.17, 15) is 19.8 Å². The smallest absolute Gasteiger partial charge is 0.542 e. The van der Waals surface area contributed by atoms with Gasteiger partial charge >= 0.3 is 16.5 Å². The summed E-state index contributed by atoms with van der Waals surface area (Å²) in [7, 11) is 0. The molecule has 0 N–H and O–H groups in total. The Morgan fingerprint density at radius 2 is 0.837 bits per heavy atom. The molecule has 2 aliphatic carbocycles. The van der Waals surface area contributed by atoms with Gasteiger partial charge in [-0.25, -0.2) is 0 Å². The number of aliphatic imine (C=N–C) groups is 2.